The van der Waals surface area contributed by atoms with E-state index in [4.69, 9.17) is 19.9 Å². The summed E-state index contributed by atoms with van der Waals surface area (Å²) in [5.74, 6) is 1.73. The molecule has 0 unspecified atom stereocenters. The number of carbonyl (C=O) groups excluding carboxylic acids is 1. The van der Waals surface area contributed by atoms with Crippen molar-refractivity contribution in [3.05, 3.63) is 17.7 Å². The van der Waals surface area contributed by atoms with Gasteiger partial charge < -0.3 is 25.3 Å². The maximum absolute atomic E-state index is 10.6. The molecular formula is C14H22N2O4. The number of benzene rings is 1. The average Bonchev–Trinajstić information content (AvgIpc) is 2.45. The lowest BCUT2D eigenvalue weighted by Crippen LogP contribution is -2.18. The van der Waals surface area contributed by atoms with E-state index in [1.54, 1.807) is 27.4 Å². The molecule has 0 aliphatic heterocycles. The van der Waals surface area contributed by atoms with Crippen LogP contribution in [0.1, 0.15) is 18.4 Å². The lowest BCUT2D eigenvalue weighted by atomic mass is 10.1. The topological polar surface area (TPSA) is 82.8 Å². The number of ether oxygens (including phenoxy) is 3. The fraction of sp³-hybridized carbons (Fsp3) is 0.500. The molecule has 0 aromatic heterocycles. The number of hydrogen-bond acceptors (Lipinski definition) is 5. The number of primary amides is 1. The monoisotopic (exact) mass is 282 g/mol. The Morgan fingerprint density at radius 3 is 2.25 bits per heavy atom. The van der Waals surface area contributed by atoms with Crippen LogP contribution in [0.15, 0.2) is 12.1 Å². The molecule has 3 N–H and O–H groups in total. The Hall–Kier alpha value is -1.95. The molecule has 0 saturated carbocycles. The van der Waals surface area contributed by atoms with Gasteiger partial charge in [-0.05, 0) is 19.0 Å². The van der Waals surface area contributed by atoms with Gasteiger partial charge in [-0.2, -0.15) is 0 Å². The van der Waals surface area contributed by atoms with Crippen LogP contribution in [0.25, 0.3) is 0 Å². The SMILES string of the molecule is COc1cc(OC)c(OC)cc1CNCCCC(N)=O. The summed E-state index contributed by atoms with van der Waals surface area (Å²) in [5, 5.41) is 3.24. The molecule has 0 spiro atoms. The van der Waals surface area contributed by atoms with Crippen LogP contribution in [0.5, 0.6) is 17.2 Å². The Bertz CT molecular complexity index is 449. The van der Waals surface area contributed by atoms with E-state index in [1.165, 1.54) is 0 Å². The van der Waals surface area contributed by atoms with Crippen LogP contribution in [-0.2, 0) is 11.3 Å². The zero-order valence-corrected chi connectivity index (χ0v) is 12.2. The molecule has 0 atom stereocenters. The fourth-order valence-corrected chi connectivity index (χ4v) is 1.84. The van der Waals surface area contributed by atoms with Crippen molar-refractivity contribution in [3.8, 4) is 17.2 Å². The molecule has 0 aliphatic carbocycles. The molecule has 112 valence electrons. The Kier molecular flexibility index (Phi) is 6.66. The highest BCUT2D eigenvalue weighted by Gasteiger charge is 2.11. The summed E-state index contributed by atoms with van der Waals surface area (Å²) in [7, 11) is 4.78. The number of rotatable bonds is 9. The smallest absolute Gasteiger partial charge is 0.217 e. The normalized spacial score (nSPS) is 10.2. The summed E-state index contributed by atoms with van der Waals surface area (Å²) in [4.78, 5) is 10.6. The van der Waals surface area contributed by atoms with Crippen LogP contribution in [-0.4, -0.2) is 33.8 Å². The Morgan fingerprint density at radius 1 is 1.10 bits per heavy atom. The Labute approximate surface area is 119 Å². The maximum atomic E-state index is 10.6. The standard InChI is InChI=1S/C14H22N2O4/c1-18-11-8-13(20-3)12(19-2)7-10(11)9-16-6-4-5-14(15)17/h7-8,16H,4-6,9H2,1-3H3,(H2,15,17). The molecule has 6 nitrogen and oxygen atoms in total. The summed E-state index contributed by atoms with van der Waals surface area (Å²) < 4.78 is 15.8. The van der Waals surface area contributed by atoms with Gasteiger partial charge in [0.25, 0.3) is 0 Å². The number of nitrogens with one attached hydrogen (secondary N) is 1. The first-order valence-electron chi connectivity index (χ1n) is 6.40. The van der Waals surface area contributed by atoms with Crippen LogP contribution in [0.3, 0.4) is 0 Å². The van der Waals surface area contributed by atoms with E-state index < -0.39 is 0 Å². The van der Waals surface area contributed by atoms with E-state index in [-0.39, 0.29) is 5.91 Å². The Balaban J connectivity index is 2.66. The largest absolute Gasteiger partial charge is 0.496 e. The molecule has 6 heteroatoms. The molecule has 0 radical (unpaired) electrons. The maximum Gasteiger partial charge on any atom is 0.217 e. The van der Waals surface area contributed by atoms with Gasteiger partial charge in [-0.3, -0.25) is 4.79 Å². The van der Waals surface area contributed by atoms with Crippen molar-refractivity contribution >= 4 is 5.91 Å². The number of nitrogens with two attached hydrogens (primary N) is 1. The van der Waals surface area contributed by atoms with Crippen LogP contribution in [0.2, 0.25) is 0 Å². The molecule has 20 heavy (non-hydrogen) atoms. The van der Waals surface area contributed by atoms with Crippen molar-refractivity contribution < 1.29 is 19.0 Å². The van der Waals surface area contributed by atoms with Gasteiger partial charge in [-0.1, -0.05) is 0 Å². The second-order valence-electron chi connectivity index (χ2n) is 4.27. The lowest BCUT2D eigenvalue weighted by Gasteiger charge is -2.14. The molecular weight excluding hydrogens is 260 g/mol. The number of methoxy groups -OCH3 is 3. The van der Waals surface area contributed by atoms with E-state index in [9.17, 15) is 4.79 Å². The third-order valence-corrected chi connectivity index (χ3v) is 2.88. The van der Waals surface area contributed by atoms with Crippen molar-refractivity contribution in [2.45, 2.75) is 19.4 Å². The first-order valence-corrected chi connectivity index (χ1v) is 6.40. The van der Waals surface area contributed by atoms with Gasteiger partial charge in [0.15, 0.2) is 11.5 Å². The molecule has 0 fully saturated rings. The molecule has 1 aromatic rings. The molecule has 1 amide bonds. The summed E-state index contributed by atoms with van der Waals surface area (Å²) in [6.07, 6.45) is 1.10. The molecule has 0 heterocycles. The van der Waals surface area contributed by atoms with Crippen molar-refractivity contribution in [2.75, 3.05) is 27.9 Å². The van der Waals surface area contributed by atoms with E-state index in [0.717, 1.165) is 11.3 Å². The van der Waals surface area contributed by atoms with Crippen molar-refractivity contribution in [1.29, 1.82) is 0 Å². The zero-order valence-electron chi connectivity index (χ0n) is 12.2. The first kappa shape index (κ1) is 16.1. The predicted octanol–water partition coefficient (Wildman–Crippen LogP) is 1.07. The van der Waals surface area contributed by atoms with E-state index in [2.05, 4.69) is 5.32 Å². The van der Waals surface area contributed by atoms with Crippen LogP contribution < -0.4 is 25.3 Å². The second-order valence-corrected chi connectivity index (χ2v) is 4.27. The quantitative estimate of drug-likeness (QED) is 0.662. The number of hydrogen-bond donors (Lipinski definition) is 2. The van der Waals surface area contributed by atoms with Crippen molar-refractivity contribution in [2.24, 2.45) is 5.73 Å². The van der Waals surface area contributed by atoms with Gasteiger partial charge in [0.05, 0.1) is 21.3 Å². The fourth-order valence-electron chi connectivity index (χ4n) is 1.84. The van der Waals surface area contributed by atoms with Gasteiger partial charge in [-0.15, -0.1) is 0 Å². The predicted molar refractivity (Wildman–Crippen MR) is 76.2 cm³/mol. The first-order chi connectivity index (χ1) is 9.62. The molecule has 0 saturated heterocycles. The highest BCUT2D eigenvalue weighted by molar-refractivity contribution is 5.73. The minimum Gasteiger partial charge on any atom is -0.496 e. The number of amides is 1. The lowest BCUT2D eigenvalue weighted by molar-refractivity contribution is -0.118. The van der Waals surface area contributed by atoms with Gasteiger partial charge in [0.1, 0.15) is 5.75 Å². The molecule has 0 aliphatic rings. The molecule has 1 aromatic carbocycles. The highest BCUT2D eigenvalue weighted by atomic mass is 16.5. The van der Waals surface area contributed by atoms with E-state index >= 15 is 0 Å². The third-order valence-electron chi connectivity index (χ3n) is 2.88. The third kappa shape index (κ3) is 4.62. The molecule has 0 bridgehead atoms. The van der Waals surface area contributed by atoms with E-state index in [1.807, 2.05) is 6.07 Å². The zero-order chi connectivity index (χ0) is 15.0. The van der Waals surface area contributed by atoms with Gasteiger partial charge in [0.2, 0.25) is 5.91 Å². The van der Waals surface area contributed by atoms with Gasteiger partial charge >= 0.3 is 0 Å². The van der Waals surface area contributed by atoms with Gasteiger partial charge in [-0.25, -0.2) is 0 Å². The summed E-state index contributed by atoms with van der Waals surface area (Å²) in [5.41, 5.74) is 6.05. The minimum atomic E-state index is -0.282. The summed E-state index contributed by atoms with van der Waals surface area (Å²) in [6, 6.07) is 3.66. The average molecular weight is 282 g/mol. The van der Waals surface area contributed by atoms with Crippen molar-refractivity contribution in [3.63, 3.8) is 0 Å². The second kappa shape index (κ2) is 8.27. The Morgan fingerprint density at radius 2 is 1.70 bits per heavy atom. The molecule has 1 rings (SSSR count). The van der Waals surface area contributed by atoms with Gasteiger partial charge in [0, 0.05) is 24.6 Å². The minimum absolute atomic E-state index is 0.282. The van der Waals surface area contributed by atoms with Crippen LogP contribution in [0.4, 0.5) is 0 Å². The summed E-state index contributed by atoms with van der Waals surface area (Å²) >= 11 is 0. The van der Waals surface area contributed by atoms with Crippen LogP contribution >= 0.6 is 0 Å². The number of carbonyl (C=O) groups is 1. The van der Waals surface area contributed by atoms with Crippen molar-refractivity contribution in [1.82, 2.24) is 5.32 Å². The highest BCUT2D eigenvalue weighted by Crippen LogP contribution is 2.34. The van der Waals surface area contributed by atoms with E-state index in [0.29, 0.717) is 37.4 Å². The summed E-state index contributed by atoms with van der Waals surface area (Å²) in [6.45, 7) is 1.32. The van der Waals surface area contributed by atoms with Crippen LogP contribution in [0, 0.1) is 0 Å².